The van der Waals surface area contributed by atoms with E-state index in [0.29, 0.717) is 31.7 Å². The van der Waals surface area contributed by atoms with Gasteiger partial charge in [-0.1, -0.05) is 0 Å². The summed E-state index contributed by atoms with van der Waals surface area (Å²) in [6, 6.07) is 0. The first kappa shape index (κ1) is 16.4. The van der Waals surface area contributed by atoms with Gasteiger partial charge in [0.05, 0.1) is 5.75 Å². The number of aromatic nitrogens is 2. The van der Waals surface area contributed by atoms with E-state index in [1.54, 1.807) is 17.9 Å². The molecule has 2 N–H and O–H groups in total. The fourth-order valence-electron chi connectivity index (χ4n) is 2.08. The van der Waals surface area contributed by atoms with Crippen LogP contribution >= 0.6 is 0 Å². The fourth-order valence-corrected chi connectivity index (χ4v) is 3.16. The van der Waals surface area contributed by atoms with Crippen LogP contribution in [0.15, 0.2) is 18.5 Å². The number of nitrogens with zero attached hydrogens (tertiary/aromatic N) is 4. The number of nitrogens with two attached hydrogens (primary N) is 1. The van der Waals surface area contributed by atoms with Crippen LogP contribution in [0.1, 0.15) is 12.5 Å². The SMILES string of the molecule is CCS(=O)(=O)N1CCN(C(=O)/C=C/c2cnc(N)nc2)CC1. The summed E-state index contributed by atoms with van der Waals surface area (Å²) >= 11 is 0. The Labute approximate surface area is 129 Å². The summed E-state index contributed by atoms with van der Waals surface area (Å²) in [6.45, 7) is 3.06. The number of carbonyl (C=O) groups is 1. The summed E-state index contributed by atoms with van der Waals surface area (Å²) < 4.78 is 24.9. The Bertz CT molecular complexity index is 649. The Morgan fingerprint density at radius 1 is 1.27 bits per heavy atom. The van der Waals surface area contributed by atoms with E-state index in [1.165, 1.54) is 22.8 Å². The minimum Gasteiger partial charge on any atom is -0.368 e. The molecule has 1 aliphatic heterocycles. The first-order valence-corrected chi connectivity index (χ1v) is 8.55. The standard InChI is InChI=1S/C13H19N5O3S/c1-2-22(20,21)18-7-5-17(6-8-18)12(19)4-3-11-9-15-13(14)16-10-11/h3-4,9-10H,2,5-8H2,1H3,(H2,14,15,16)/b4-3+. The third kappa shape index (κ3) is 4.01. The molecule has 0 atom stereocenters. The quantitative estimate of drug-likeness (QED) is 0.752. The maximum Gasteiger partial charge on any atom is 0.246 e. The van der Waals surface area contributed by atoms with Crippen LogP contribution in [0.5, 0.6) is 0 Å². The second kappa shape index (κ2) is 6.84. The van der Waals surface area contributed by atoms with Crippen molar-refractivity contribution in [2.24, 2.45) is 0 Å². The van der Waals surface area contributed by atoms with E-state index in [2.05, 4.69) is 9.97 Å². The molecule has 2 heterocycles. The first-order valence-electron chi connectivity index (χ1n) is 6.94. The molecule has 1 aromatic rings. The smallest absolute Gasteiger partial charge is 0.246 e. The van der Waals surface area contributed by atoms with E-state index in [9.17, 15) is 13.2 Å². The zero-order valence-electron chi connectivity index (χ0n) is 12.3. The van der Waals surface area contributed by atoms with Crippen LogP contribution in [0.25, 0.3) is 6.08 Å². The van der Waals surface area contributed by atoms with Crippen molar-refractivity contribution in [1.82, 2.24) is 19.2 Å². The van der Waals surface area contributed by atoms with E-state index in [4.69, 9.17) is 5.73 Å². The lowest BCUT2D eigenvalue weighted by Gasteiger charge is -2.33. The summed E-state index contributed by atoms with van der Waals surface area (Å²) in [5.74, 6) is 0.0972. The number of nitrogen functional groups attached to an aromatic ring is 1. The van der Waals surface area contributed by atoms with Crippen molar-refractivity contribution in [3.05, 3.63) is 24.0 Å². The molecule has 1 fully saturated rings. The van der Waals surface area contributed by atoms with E-state index < -0.39 is 10.0 Å². The van der Waals surface area contributed by atoms with E-state index in [0.717, 1.165) is 0 Å². The molecule has 1 aliphatic rings. The normalized spacial score (nSPS) is 17.0. The van der Waals surface area contributed by atoms with Crippen LogP contribution in [0.2, 0.25) is 0 Å². The summed E-state index contributed by atoms with van der Waals surface area (Å²) in [5, 5.41) is 0. The number of piperazine rings is 1. The lowest BCUT2D eigenvalue weighted by molar-refractivity contribution is -0.127. The number of hydrogen-bond donors (Lipinski definition) is 1. The zero-order chi connectivity index (χ0) is 16.2. The molecule has 22 heavy (non-hydrogen) atoms. The monoisotopic (exact) mass is 325 g/mol. The Hall–Kier alpha value is -2.00. The molecule has 1 amide bonds. The van der Waals surface area contributed by atoms with Gasteiger partial charge >= 0.3 is 0 Å². The van der Waals surface area contributed by atoms with Crippen molar-refractivity contribution in [1.29, 1.82) is 0 Å². The molecular formula is C13H19N5O3S. The predicted molar refractivity (Wildman–Crippen MR) is 83.1 cm³/mol. The number of hydrogen-bond acceptors (Lipinski definition) is 6. The first-order chi connectivity index (χ1) is 10.4. The maximum atomic E-state index is 12.1. The lowest BCUT2D eigenvalue weighted by Crippen LogP contribution is -2.50. The molecule has 0 spiro atoms. The van der Waals surface area contributed by atoms with Gasteiger partial charge in [-0.05, 0) is 13.0 Å². The number of rotatable bonds is 4. The Balaban J connectivity index is 1.91. The summed E-state index contributed by atoms with van der Waals surface area (Å²) in [5.41, 5.74) is 6.06. The van der Waals surface area contributed by atoms with Crippen molar-refractivity contribution in [3.8, 4) is 0 Å². The number of anilines is 1. The minimum atomic E-state index is -3.18. The van der Waals surface area contributed by atoms with Gasteiger partial charge in [-0.3, -0.25) is 4.79 Å². The maximum absolute atomic E-state index is 12.1. The molecule has 0 saturated carbocycles. The molecule has 0 aliphatic carbocycles. The Morgan fingerprint density at radius 2 is 1.86 bits per heavy atom. The van der Waals surface area contributed by atoms with Crippen molar-refractivity contribution < 1.29 is 13.2 Å². The van der Waals surface area contributed by atoms with Gasteiger partial charge in [-0.2, -0.15) is 4.31 Å². The van der Waals surface area contributed by atoms with E-state index >= 15 is 0 Å². The molecule has 0 radical (unpaired) electrons. The highest BCUT2D eigenvalue weighted by atomic mass is 32.2. The Kier molecular flexibility index (Phi) is 5.09. The highest BCUT2D eigenvalue weighted by molar-refractivity contribution is 7.89. The van der Waals surface area contributed by atoms with E-state index in [-0.39, 0.29) is 17.6 Å². The number of sulfonamides is 1. The van der Waals surface area contributed by atoms with Gasteiger partial charge in [0.2, 0.25) is 21.9 Å². The van der Waals surface area contributed by atoms with E-state index in [1.807, 2.05) is 0 Å². The Morgan fingerprint density at radius 3 is 2.41 bits per heavy atom. The van der Waals surface area contributed by atoms with Crippen molar-refractivity contribution in [2.45, 2.75) is 6.92 Å². The molecule has 0 unspecified atom stereocenters. The zero-order valence-corrected chi connectivity index (χ0v) is 13.2. The molecule has 1 saturated heterocycles. The molecule has 8 nitrogen and oxygen atoms in total. The van der Waals surface area contributed by atoms with Gasteiger partial charge in [-0.25, -0.2) is 18.4 Å². The molecule has 2 rings (SSSR count). The average Bonchev–Trinajstić information content (AvgIpc) is 2.54. The average molecular weight is 325 g/mol. The minimum absolute atomic E-state index is 0.0813. The van der Waals surface area contributed by atoms with Gasteiger partial charge in [0.1, 0.15) is 0 Å². The number of amides is 1. The fraction of sp³-hybridized carbons (Fsp3) is 0.462. The molecule has 0 bridgehead atoms. The molecule has 120 valence electrons. The number of carbonyl (C=O) groups excluding carboxylic acids is 1. The molecular weight excluding hydrogens is 306 g/mol. The van der Waals surface area contributed by atoms with Crippen LogP contribution in [0.4, 0.5) is 5.95 Å². The van der Waals surface area contributed by atoms with Crippen molar-refractivity contribution in [2.75, 3.05) is 37.7 Å². The van der Waals surface area contributed by atoms with Crippen molar-refractivity contribution >= 4 is 28.0 Å². The van der Waals surface area contributed by atoms with Crippen LogP contribution < -0.4 is 5.73 Å². The molecule has 9 heteroatoms. The van der Waals surface area contributed by atoms with Gasteiger partial charge in [-0.15, -0.1) is 0 Å². The van der Waals surface area contributed by atoms with Crippen LogP contribution in [-0.4, -0.2) is 65.4 Å². The second-order valence-corrected chi connectivity index (χ2v) is 7.09. The summed E-state index contributed by atoms with van der Waals surface area (Å²) in [4.78, 5) is 21.4. The van der Waals surface area contributed by atoms with Gasteiger partial charge in [0.15, 0.2) is 0 Å². The summed E-state index contributed by atoms with van der Waals surface area (Å²) in [6.07, 6.45) is 6.09. The highest BCUT2D eigenvalue weighted by Crippen LogP contribution is 2.09. The van der Waals surface area contributed by atoms with Crippen LogP contribution in [0, 0.1) is 0 Å². The summed E-state index contributed by atoms with van der Waals surface area (Å²) in [7, 11) is -3.18. The predicted octanol–water partition coefficient (Wildman–Crippen LogP) is -0.434. The largest absolute Gasteiger partial charge is 0.368 e. The third-order valence-corrected chi connectivity index (χ3v) is 5.30. The van der Waals surface area contributed by atoms with Gasteiger partial charge in [0.25, 0.3) is 0 Å². The van der Waals surface area contributed by atoms with Gasteiger partial charge < -0.3 is 10.6 Å². The highest BCUT2D eigenvalue weighted by Gasteiger charge is 2.26. The van der Waals surface area contributed by atoms with Crippen molar-refractivity contribution in [3.63, 3.8) is 0 Å². The topological polar surface area (TPSA) is 109 Å². The lowest BCUT2D eigenvalue weighted by atomic mass is 10.3. The van der Waals surface area contributed by atoms with Gasteiger partial charge in [0, 0.05) is 50.2 Å². The molecule has 0 aromatic carbocycles. The third-order valence-electron chi connectivity index (χ3n) is 3.42. The van der Waals surface area contributed by atoms with Crippen LogP contribution in [-0.2, 0) is 14.8 Å². The molecule has 1 aromatic heterocycles. The van der Waals surface area contributed by atoms with Crippen LogP contribution in [0.3, 0.4) is 0 Å². The second-order valence-electron chi connectivity index (χ2n) is 4.83.